The lowest BCUT2D eigenvalue weighted by atomic mass is 9.91. The Morgan fingerprint density at radius 1 is 1.19 bits per heavy atom. The number of aliphatic hydroxyl groups is 1. The van der Waals surface area contributed by atoms with Crippen LogP contribution in [0.25, 0.3) is 0 Å². The number of hydrogen-bond acceptors (Lipinski definition) is 3. The summed E-state index contributed by atoms with van der Waals surface area (Å²) in [5.41, 5.74) is 0.608. The molecule has 1 rings (SSSR count). The summed E-state index contributed by atoms with van der Waals surface area (Å²) in [4.78, 5) is 0.138. The van der Waals surface area contributed by atoms with E-state index in [1.807, 2.05) is 20.8 Å². The van der Waals surface area contributed by atoms with Gasteiger partial charge in [-0.1, -0.05) is 32.4 Å². The number of rotatable bonds is 7. The summed E-state index contributed by atoms with van der Waals surface area (Å²) >= 11 is 5.98. The molecule has 0 aliphatic heterocycles. The van der Waals surface area contributed by atoms with Gasteiger partial charge in [0.15, 0.2) is 0 Å². The quantitative estimate of drug-likeness (QED) is 0.803. The highest BCUT2D eigenvalue weighted by atomic mass is 35.5. The fourth-order valence-electron chi connectivity index (χ4n) is 2.46. The number of hydrogen-bond donors (Lipinski definition) is 2. The highest BCUT2D eigenvalue weighted by Gasteiger charge is 2.31. The average molecular weight is 334 g/mol. The Morgan fingerprint density at radius 2 is 1.71 bits per heavy atom. The monoisotopic (exact) mass is 333 g/mol. The first-order valence-electron chi connectivity index (χ1n) is 7.19. The van der Waals surface area contributed by atoms with Crippen molar-refractivity contribution in [2.24, 2.45) is 0 Å². The maximum absolute atomic E-state index is 12.7. The van der Waals surface area contributed by atoms with E-state index in [2.05, 4.69) is 4.72 Å². The van der Waals surface area contributed by atoms with Crippen LogP contribution >= 0.6 is 11.6 Å². The molecule has 0 amide bonds. The van der Waals surface area contributed by atoms with E-state index in [9.17, 15) is 13.5 Å². The highest BCUT2D eigenvalue weighted by molar-refractivity contribution is 7.89. The van der Waals surface area contributed by atoms with Crippen LogP contribution in [-0.4, -0.2) is 19.1 Å². The zero-order chi connectivity index (χ0) is 16.3. The van der Waals surface area contributed by atoms with Gasteiger partial charge in [-0.25, -0.2) is 13.1 Å². The van der Waals surface area contributed by atoms with E-state index in [1.165, 1.54) is 6.07 Å². The van der Waals surface area contributed by atoms with Gasteiger partial charge in [-0.3, -0.25) is 0 Å². The molecular formula is C15H24ClNO3S. The molecule has 21 heavy (non-hydrogen) atoms. The average Bonchev–Trinajstić information content (AvgIpc) is 2.46. The summed E-state index contributed by atoms with van der Waals surface area (Å²) < 4.78 is 28.3. The molecule has 0 spiro atoms. The topological polar surface area (TPSA) is 66.4 Å². The highest BCUT2D eigenvalue weighted by Crippen LogP contribution is 2.28. The second-order valence-electron chi connectivity index (χ2n) is 5.29. The van der Waals surface area contributed by atoms with Crippen molar-refractivity contribution < 1.29 is 13.5 Å². The largest absolute Gasteiger partial charge is 0.392 e. The molecule has 0 aromatic heterocycles. The molecule has 0 aliphatic rings. The molecule has 2 N–H and O–H groups in total. The standard InChI is InChI=1S/C15H24ClNO3S/c1-5-15(6-2,7-3)17-21(19,20)14-9-13(16)8-12(10-18)11(14)4/h8-9,17-18H,5-7,10H2,1-4H3. The van der Waals surface area contributed by atoms with Crippen LogP contribution in [0.3, 0.4) is 0 Å². The molecule has 0 heterocycles. The SMILES string of the molecule is CCC(CC)(CC)NS(=O)(=O)c1cc(Cl)cc(CO)c1C. The van der Waals surface area contributed by atoms with Crippen molar-refractivity contribution in [2.45, 2.75) is 64.0 Å². The van der Waals surface area contributed by atoms with Crippen LogP contribution in [-0.2, 0) is 16.6 Å². The molecule has 4 nitrogen and oxygen atoms in total. The molecule has 0 fully saturated rings. The summed E-state index contributed by atoms with van der Waals surface area (Å²) in [5, 5.41) is 9.64. The molecule has 6 heteroatoms. The Kier molecular flexibility index (Phi) is 6.23. The van der Waals surface area contributed by atoms with Crippen LogP contribution in [0.5, 0.6) is 0 Å². The van der Waals surface area contributed by atoms with Gasteiger partial charge in [0, 0.05) is 10.6 Å². The number of benzene rings is 1. The Labute approximate surface area is 132 Å². The summed E-state index contributed by atoms with van der Waals surface area (Å²) in [7, 11) is -3.69. The van der Waals surface area contributed by atoms with Crippen LogP contribution in [0.4, 0.5) is 0 Å². The Bertz CT molecular complexity index is 587. The van der Waals surface area contributed by atoms with E-state index in [0.29, 0.717) is 35.4 Å². The van der Waals surface area contributed by atoms with Crippen LogP contribution in [0.15, 0.2) is 17.0 Å². The fraction of sp³-hybridized carbons (Fsp3) is 0.600. The zero-order valence-electron chi connectivity index (χ0n) is 13.0. The third-order valence-corrected chi connectivity index (χ3v) is 6.20. The van der Waals surface area contributed by atoms with Crippen molar-refractivity contribution in [3.63, 3.8) is 0 Å². The minimum Gasteiger partial charge on any atom is -0.392 e. The van der Waals surface area contributed by atoms with Gasteiger partial charge >= 0.3 is 0 Å². The van der Waals surface area contributed by atoms with Crippen molar-refractivity contribution in [3.05, 3.63) is 28.3 Å². The van der Waals surface area contributed by atoms with Gasteiger partial charge in [-0.2, -0.15) is 0 Å². The van der Waals surface area contributed by atoms with Crippen LogP contribution in [0.2, 0.25) is 5.02 Å². The van der Waals surface area contributed by atoms with Crippen molar-refractivity contribution in [2.75, 3.05) is 0 Å². The van der Waals surface area contributed by atoms with E-state index in [-0.39, 0.29) is 11.5 Å². The van der Waals surface area contributed by atoms with Gasteiger partial charge in [-0.15, -0.1) is 0 Å². The van der Waals surface area contributed by atoms with Gasteiger partial charge in [0.2, 0.25) is 10.0 Å². The lowest BCUT2D eigenvalue weighted by Crippen LogP contribution is -2.47. The molecule has 0 saturated carbocycles. The van der Waals surface area contributed by atoms with Crippen molar-refractivity contribution >= 4 is 21.6 Å². The first kappa shape index (κ1) is 18.4. The van der Waals surface area contributed by atoms with Crippen LogP contribution < -0.4 is 4.72 Å². The zero-order valence-corrected chi connectivity index (χ0v) is 14.6. The third-order valence-electron chi connectivity index (χ3n) is 4.27. The first-order chi connectivity index (χ1) is 9.75. The van der Waals surface area contributed by atoms with Crippen molar-refractivity contribution in [3.8, 4) is 0 Å². The van der Waals surface area contributed by atoms with E-state index in [0.717, 1.165) is 0 Å². The molecule has 120 valence electrons. The van der Waals surface area contributed by atoms with E-state index >= 15 is 0 Å². The smallest absolute Gasteiger partial charge is 0.241 e. The second-order valence-corrected chi connectivity index (χ2v) is 7.38. The lowest BCUT2D eigenvalue weighted by Gasteiger charge is -2.31. The maximum atomic E-state index is 12.7. The van der Waals surface area contributed by atoms with Gasteiger partial charge < -0.3 is 5.11 Å². The minimum absolute atomic E-state index is 0.138. The number of aliphatic hydroxyl groups excluding tert-OH is 1. The molecule has 0 radical (unpaired) electrons. The fourth-order valence-corrected chi connectivity index (χ4v) is 4.69. The Morgan fingerprint density at radius 3 is 2.14 bits per heavy atom. The Hall–Kier alpha value is -0.620. The van der Waals surface area contributed by atoms with Gasteiger partial charge in [0.05, 0.1) is 11.5 Å². The van der Waals surface area contributed by atoms with Gasteiger partial charge in [0.25, 0.3) is 0 Å². The van der Waals surface area contributed by atoms with Gasteiger partial charge in [-0.05, 0) is 49.4 Å². The van der Waals surface area contributed by atoms with Crippen molar-refractivity contribution in [1.82, 2.24) is 4.72 Å². The van der Waals surface area contributed by atoms with Gasteiger partial charge in [0.1, 0.15) is 0 Å². The number of nitrogens with one attached hydrogen (secondary N) is 1. The Balaban J connectivity index is 3.35. The third kappa shape index (κ3) is 3.97. The molecule has 0 aliphatic carbocycles. The first-order valence-corrected chi connectivity index (χ1v) is 9.05. The molecule has 0 atom stereocenters. The van der Waals surface area contributed by atoms with E-state index in [4.69, 9.17) is 11.6 Å². The van der Waals surface area contributed by atoms with Crippen LogP contribution in [0, 0.1) is 6.92 Å². The predicted molar refractivity (Wildman–Crippen MR) is 86.0 cm³/mol. The minimum atomic E-state index is -3.69. The predicted octanol–water partition coefficient (Wildman–Crippen LogP) is 3.39. The second kappa shape index (κ2) is 7.09. The summed E-state index contributed by atoms with van der Waals surface area (Å²) in [6.07, 6.45) is 2.14. The summed E-state index contributed by atoms with van der Waals surface area (Å²) in [6.45, 7) is 7.36. The lowest BCUT2D eigenvalue weighted by molar-refractivity contribution is 0.280. The molecule has 1 aromatic rings. The molecule has 1 aromatic carbocycles. The van der Waals surface area contributed by atoms with Crippen molar-refractivity contribution in [1.29, 1.82) is 0 Å². The molecule has 0 saturated heterocycles. The number of sulfonamides is 1. The van der Waals surface area contributed by atoms with E-state index < -0.39 is 15.6 Å². The number of halogens is 1. The summed E-state index contributed by atoms with van der Waals surface area (Å²) in [5.74, 6) is 0. The maximum Gasteiger partial charge on any atom is 0.241 e. The summed E-state index contributed by atoms with van der Waals surface area (Å²) in [6, 6.07) is 3.02. The van der Waals surface area contributed by atoms with Crippen LogP contribution in [0.1, 0.15) is 51.2 Å². The molecule has 0 unspecified atom stereocenters. The normalized spacial score (nSPS) is 12.7. The molecular weight excluding hydrogens is 310 g/mol. The van der Waals surface area contributed by atoms with E-state index in [1.54, 1.807) is 13.0 Å². The molecule has 0 bridgehead atoms.